The minimum Gasteiger partial charge on any atom is -0.497 e. The van der Waals surface area contributed by atoms with E-state index >= 15 is 0 Å². The molecule has 128 valence electrons. The Morgan fingerprint density at radius 3 is 2.64 bits per heavy atom. The van der Waals surface area contributed by atoms with E-state index in [1.54, 1.807) is 18.2 Å². The molecule has 0 spiro atoms. The number of ether oxygens (including phenoxy) is 1. The molecule has 1 heterocycles. The number of anilines is 2. The van der Waals surface area contributed by atoms with Crippen molar-refractivity contribution >= 4 is 44.2 Å². The SMILES string of the molecule is COc1ccc(C(=O)Nc2nc3ccc(NC(C)=O)cc3s2)c(F)c1. The maximum absolute atomic E-state index is 14.0. The number of fused-ring (bicyclic) bond motifs is 1. The van der Waals surface area contributed by atoms with Gasteiger partial charge in [-0.15, -0.1) is 0 Å². The van der Waals surface area contributed by atoms with Gasteiger partial charge >= 0.3 is 0 Å². The highest BCUT2D eigenvalue weighted by Crippen LogP contribution is 2.29. The zero-order chi connectivity index (χ0) is 18.0. The van der Waals surface area contributed by atoms with Gasteiger partial charge in [0.25, 0.3) is 5.91 Å². The van der Waals surface area contributed by atoms with E-state index in [9.17, 15) is 14.0 Å². The maximum atomic E-state index is 14.0. The van der Waals surface area contributed by atoms with Gasteiger partial charge in [0.15, 0.2) is 5.13 Å². The van der Waals surface area contributed by atoms with Crippen molar-refractivity contribution in [2.75, 3.05) is 17.7 Å². The highest BCUT2D eigenvalue weighted by molar-refractivity contribution is 7.22. The number of carbonyl (C=O) groups excluding carboxylic acids is 2. The first-order chi connectivity index (χ1) is 12.0. The molecule has 3 rings (SSSR count). The molecule has 1 aromatic heterocycles. The van der Waals surface area contributed by atoms with Crippen LogP contribution in [0.2, 0.25) is 0 Å². The minimum atomic E-state index is -0.675. The standard InChI is InChI=1S/C17H14FN3O3S/c1-9(22)19-10-3-6-14-15(7-10)25-17(20-14)21-16(23)12-5-4-11(24-2)8-13(12)18/h3-8H,1-2H3,(H,19,22)(H,20,21,23). The number of halogens is 1. The summed E-state index contributed by atoms with van der Waals surface area (Å²) in [5, 5.41) is 5.61. The lowest BCUT2D eigenvalue weighted by Crippen LogP contribution is -2.13. The van der Waals surface area contributed by atoms with Crippen LogP contribution in [-0.2, 0) is 4.79 Å². The molecule has 0 saturated heterocycles. The molecule has 2 amide bonds. The van der Waals surface area contributed by atoms with E-state index in [-0.39, 0.29) is 11.5 Å². The molecule has 0 fully saturated rings. The van der Waals surface area contributed by atoms with Gasteiger partial charge in [0, 0.05) is 18.7 Å². The van der Waals surface area contributed by atoms with E-state index in [1.807, 2.05) is 0 Å². The van der Waals surface area contributed by atoms with Crippen LogP contribution in [0.25, 0.3) is 10.2 Å². The zero-order valence-electron chi connectivity index (χ0n) is 13.4. The molecular weight excluding hydrogens is 345 g/mol. The second kappa shape index (κ2) is 6.86. The number of aromatic nitrogens is 1. The van der Waals surface area contributed by atoms with Crippen molar-refractivity contribution in [3.8, 4) is 5.75 Å². The predicted molar refractivity (Wildman–Crippen MR) is 94.8 cm³/mol. The number of nitrogens with one attached hydrogen (secondary N) is 2. The Balaban J connectivity index is 1.82. The number of thiazole rings is 1. The lowest BCUT2D eigenvalue weighted by molar-refractivity contribution is -0.114. The number of methoxy groups -OCH3 is 1. The molecule has 0 unspecified atom stereocenters. The summed E-state index contributed by atoms with van der Waals surface area (Å²) in [5.74, 6) is -1.11. The Labute approximate surface area is 146 Å². The van der Waals surface area contributed by atoms with E-state index in [0.717, 1.165) is 10.8 Å². The number of hydrogen-bond donors (Lipinski definition) is 2. The van der Waals surface area contributed by atoms with Gasteiger partial charge in [0.2, 0.25) is 5.91 Å². The third-order valence-electron chi connectivity index (χ3n) is 3.35. The van der Waals surface area contributed by atoms with Crippen molar-refractivity contribution < 1.29 is 18.7 Å². The highest BCUT2D eigenvalue weighted by Gasteiger charge is 2.15. The fourth-order valence-corrected chi connectivity index (χ4v) is 3.13. The lowest BCUT2D eigenvalue weighted by Gasteiger charge is -2.05. The van der Waals surface area contributed by atoms with Gasteiger partial charge in [-0.25, -0.2) is 9.37 Å². The number of nitrogens with zero attached hydrogens (tertiary/aromatic N) is 1. The molecule has 2 aromatic carbocycles. The van der Waals surface area contributed by atoms with Crippen molar-refractivity contribution in [3.63, 3.8) is 0 Å². The average Bonchev–Trinajstić information content (AvgIpc) is 2.95. The third-order valence-corrected chi connectivity index (χ3v) is 4.28. The maximum Gasteiger partial charge on any atom is 0.260 e. The Morgan fingerprint density at radius 1 is 1.16 bits per heavy atom. The Hall–Kier alpha value is -3.00. The molecule has 0 bridgehead atoms. The Bertz CT molecular complexity index is 971. The first-order valence-corrected chi connectivity index (χ1v) is 8.11. The topological polar surface area (TPSA) is 80.3 Å². The fraction of sp³-hybridized carbons (Fsp3) is 0.118. The van der Waals surface area contributed by atoms with Gasteiger partial charge in [0.05, 0.1) is 22.9 Å². The quantitative estimate of drug-likeness (QED) is 0.745. The average molecular weight is 359 g/mol. The molecule has 0 aliphatic carbocycles. The van der Waals surface area contributed by atoms with E-state index in [0.29, 0.717) is 22.1 Å². The summed E-state index contributed by atoms with van der Waals surface area (Å²) in [4.78, 5) is 27.6. The Morgan fingerprint density at radius 2 is 1.96 bits per heavy atom. The van der Waals surface area contributed by atoms with Crippen molar-refractivity contribution in [3.05, 3.63) is 47.8 Å². The molecular formula is C17H14FN3O3S. The smallest absolute Gasteiger partial charge is 0.260 e. The second-order valence-electron chi connectivity index (χ2n) is 5.18. The molecule has 0 saturated carbocycles. The molecule has 0 radical (unpaired) electrons. The second-order valence-corrected chi connectivity index (χ2v) is 6.21. The molecule has 25 heavy (non-hydrogen) atoms. The van der Waals surface area contributed by atoms with Crippen LogP contribution < -0.4 is 15.4 Å². The van der Waals surface area contributed by atoms with Crippen molar-refractivity contribution in [2.45, 2.75) is 6.92 Å². The zero-order valence-corrected chi connectivity index (χ0v) is 14.2. The molecule has 3 aromatic rings. The minimum absolute atomic E-state index is 0.0982. The molecule has 6 nitrogen and oxygen atoms in total. The van der Waals surface area contributed by atoms with Crippen molar-refractivity contribution in [2.24, 2.45) is 0 Å². The summed E-state index contributed by atoms with van der Waals surface area (Å²) in [6, 6.07) is 9.23. The van der Waals surface area contributed by atoms with Gasteiger partial charge in [-0.05, 0) is 30.3 Å². The lowest BCUT2D eigenvalue weighted by atomic mass is 10.2. The summed E-state index contributed by atoms with van der Waals surface area (Å²) in [5.41, 5.74) is 1.21. The van der Waals surface area contributed by atoms with E-state index in [1.165, 1.54) is 37.5 Å². The number of hydrogen-bond acceptors (Lipinski definition) is 5. The molecule has 8 heteroatoms. The van der Waals surface area contributed by atoms with Crippen LogP contribution in [-0.4, -0.2) is 23.9 Å². The first-order valence-electron chi connectivity index (χ1n) is 7.29. The van der Waals surface area contributed by atoms with Crippen molar-refractivity contribution in [1.29, 1.82) is 0 Å². The summed E-state index contributed by atoms with van der Waals surface area (Å²) < 4.78 is 19.7. The third kappa shape index (κ3) is 3.74. The van der Waals surface area contributed by atoms with Gasteiger partial charge in [-0.1, -0.05) is 11.3 Å². The summed E-state index contributed by atoms with van der Waals surface area (Å²) in [6.07, 6.45) is 0. The van der Waals surface area contributed by atoms with E-state index in [2.05, 4.69) is 15.6 Å². The Kier molecular flexibility index (Phi) is 4.62. The summed E-state index contributed by atoms with van der Waals surface area (Å²) >= 11 is 1.23. The van der Waals surface area contributed by atoms with Crippen LogP contribution in [0.1, 0.15) is 17.3 Å². The van der Waals surface area contributed by atoms with Gasteiger partial charge in [0.1, 0.15) is 11.6 Å². The summed E-state index contributed by atoms with van der Waals surface area (Å²) in [7, 11) is 1.42. The normalized spacial score (nSPS) is 10.5. The van der Waals surface area contributed by atoms with E-state index < -0.39 is 11.7 Å². The molecule has 0 aliphatic rings. The van der Waals surface area contributed by atoms with Crippen LogP contribution in [0.3, 0.4) is 0 Å². The van der Waals surface area contributed by atoms with Crippen LogP contribution in [0, 0.1) is 5.82 Å². The highest BCUT2D eigenvalue weighted by atomic mass is 32.1. The van der Waals surface area contributed by atoms with Crippen LogP contribution in [0.4, 0.5) is 15.2 Å². The van der Waals surface area contributed by atoms with Crippen LogP contribution >= 0.6 is 11.3 Å². The summed E-state index contributed by atoms with van der Waals surface area (Å²) in [6.45, 7) is 1.42. The number of rotatable bonds is 4. The largest absolute Gasteiger partial charge is 0.497 e. The first kappa shape index (κ1) is 16.8. The number of carbonyl (C=O) groups is 2. The van der Waals surface area contributed by atoms with Gasteiger partial charge in [-0.3, -0.25) is 14.9 Å². The number of benzene rings is 2. The van der Waals surface area contributed by atoms with E-state index in [4.69, 9.17) is 4.74 Å². The fourth-order valence-electron chi connectivity index (χ4n) is 2.23. The molecule has 0 atom stereocenters. The van der Waals surface area contributed by atoms with Gasteiger partial charge < -0.3 is 10.1 Å². The van der Waals surface area contributed by atoms with Gasteiger partial charge in [-0.2, -0.15) is 0 Å². The molecule has 2 N–H and O–H groups in total. The van der Waals surface area contributed by atoms with Crippen LogP contribution in [0.5, 0.6) is 5.75 Å². The number of amides is 2. The van der Waals surface area contributed by atoms with Crippen LogP contribution in [0.15, 0.2) is 36.4 Å². The monoisotopic (exact) mass is 359 g/mol. The molecule has 0 aliphatic heterocycles. The van der Waals surface area contributed by atoms with Crippen molar-refractivity contribution in [1.82, 2.24) is 4.98 Å². The predicted octanol–water partition coefficient (Wildman–Crippen LogP) is 3.65.